The fraction of sp³-hybridized carbons (Fsp3) is 0.238. The lowest BCUT2D eigenvalue weighted by molar-refractivity contribution is -0.120. The van der Waals surface area contributed by atoms with Crippen LogP contribution in [0.5, 0.6) is 0 Å². The number of rotatable bonds is 4. The number of fused-ring (bicyclic) bond motifs is 1. The van der Waals surface area contributed by atoms with Crippen molar-refractivity contribution in [2.24, 2.45) is 5.92 Å². The summed E-state index contributed by atoms with van der Waals surface area (Å²) in [4.78, 5) is 20.6. The van der Waals surface area contributed by atoms with Gasteiger partial charge in [0.1, 0.15) is 5.69 Å². The normalized spacial score (nSPS) is 16.8. The molecule has 1 saturated heterocycles. The van der Waals surface area contributed by atoms with Crippen molar-refractivity contribution in [1.29, 1.82) is 0 Å². The molecule has 1 atom stereocenters. The van der Waals surface area contributed by atoms with Gasteiger partial charge in [-0.15, -0.1) is 21.5 Å². The molecule has 0 bridgehead atoms. The second kappa shape index (κ2) is 7.88. The molecule has 4 aromatic rings. The highest BCUT2D eigenvalue weighted by Gasteiger charge is 2.27. The topological polar surface area (TPSA) is 71.0 Å². The minimum Gasteiger partial charge on any atom is -0.354 e. The Kier molecular flexibility index (Phi) is 4.95. The van der Waals surface area contributed by atoms with Crippen LogP contribution in [0, 0.1) is 5.92 Å². The fourth-order valence-electron chi connectivity index (χ4n) is 3.58. The largest absolute Gasteiger partial charge is 0.354 e. The highest BCUT2D eigenvalue weighted by molar-refractivity contribution is 7.22. The van der Waals surface area contributed by atoms with Crippen molar-refractivity contribution in [2.45, 2.75) is 12.8 Å². The lowest BCUT2D eigenvalue weighted by atomic mass is 9.97. The summed E-state index contributed by atoms with van der Waals surface area (Å²) in [6.45, 7) is 1.53. The molecule has 1 unspecified atom stereocenters. The van der Waals surface area contributed by atoms with Crippen molar-refractivity contribution in [3.05, 3.63) is 53.9 Å². The molecule has 146 valence electrons. The maximum absolute atomic E-state index is 12.8. The van der Waals surface area contributed by atoms with E-state index in [0.717, 1.165) is 46.0 Å². The minimum absolute atomic E-state index is 0.0249. The number of piperidine rings is 1. The second-order valence-electron chi connectivity index (χ2n) is 7.02. The van der Waals surface area contributed by atoms with Crippen LogP contribution in [0.3, 0.4) is 0 Å². The first-order chi connectivity index (χ1) is 14.3. The maximum Gasteiger partial charge on any atom is 0.231 e. The molecule has 4 heterocycles. The summed E-state index contributed by atoms with van der Waals surface area (Å²) in [5.74, 6) is 0.759. The van der Waals surface area contributed by atoms with Gasteiger partial charge in [0, 0.05) is 13.1 Å². The predicted octanol–water partition coefficient (Wildman–Crippen LogP) is 4.67. The smallest absolute Gasteiger partial charge is 0.231 e. The van der Waals surface area contributed by atoms with Crippen LogP contribution in [0.15, 0.2) is 53.9 Å². The molecule has 1 aliphatic rings. The summed E-state index contributed by atoms with van der Waals surface area (Å²) in [7, 11) is 0. The quantitative estimate of drug-likeness (QED) is 0.518. The lowest BCUT2D eigenvalue weighted by Crippen LogP contribution is -2.41. The van der Waals surface area contributed by atoms with Crippen molar-refractivity contribution in [3.63, 3.8) is 0 Å². The zero-order valence-electron chi connectivity index (χ0n) is 15.6. The summed E-state index contributed by atoms with van der Waals surface area (Å²) >= 11 is 3.16. The van der Waals surface area contributed by atoms with Gasteiger partial charge in [-0.3, -0.25) is 4.79 Å². The number of para-hydroxylation sites is 1. The molecule has 1 fully saturated rings. The van der Waals surface area contributed by atoms with E-state index in [1.165, 1.54) is 11.3 Å². The van der Waals surface area contributed by atoms with Gasteiger partial charge < -0.3 is 10.2 Å². The molecule has 6 nitrogen and oxygen atoms in total. The van der Waals surface area contributed by atoms with Gasteiger partial charge in [-0.05, 0) is 48.6 Å². The molecular formula is C21H19N5OS2. The van der Waals surface area contributed by atoms with Gasteiger partial charge in [0.15, 0.2) is 10.9 Å². The first-order valence-corrected chi connectivity index (χ1v) is 11.2. The number of nitrogens with zero attached hydrogens (tertiary/aromatic N) is 4. The molecule has 1 aliphatic heterocycles. The van der Waals surface area contributed by atoms with E-state index in [-0.39, 0.29) is 11.8 Å². The van der Waals surface area contributed by atoms with Gasteiger partial charge in [0.25, 0.3) is 0 Å². The van der Waals surface area contributed by atoms with E-state index in [2.05, 4.69) is 25.4 Å². The van der Waals surface area contributed by atoms with E-state index in [4.69, 9.17) is 0 Å². The van der Waals surface area contributed by atoms with Crippen LogP contribution >= 0.6 is 22.7 Å². The average molecular weight is 422 g/mol. The number of thiazole rings is 1. The van der Waals surface area contributed by atoms with E-state index in [1.807, 2.05) is 53.9 Å². The minimum atomic E-state index is -0.0884. The van der Waals surface area contributed by atoms with E-state index in [1.54, 1.807) is 11.3 Å². The first kappa shape index (κ1) is 18.2. The van der Waals surface area contributed by atoms with Crippen LogP contribution in [0.1, 0.15) is 12.8 Å². The van der Waals surface area contributed by atoms with Crippen molar-refractivity contribution in [3.8, 4) is 10.6 Å². The third-order valence-electron chi connectivity index (χ3n) is 5.06. The zero-order chi connectivity index (χ0) is 19.6. The van der Waals surface area contributed by atoms with Gasteiger partial charge in [-0.25, -0.2) is 4.98 Å². The Hall–Kier alpha value is -2.84. The summed E-state index contributed by atoms with van der Waals surface area (Å²) in [6.07, 6.45) is 1.82. The number of aromatic nitrogens is 3. The molecule has 8 heteroatoms. The third kappa shape index (κ3) is 3.86. The summed E-state index contributed by atoms with van der Waals surface area (Å²) in [5.41, 5.74) is 1.80. The maximum atomic E-state index is 12.8. The Morgan fingerprint density at radius 1 is 1.10 bits per heavy atom. The lowest BCUT2D eigenvalue weighted by Gasteiger charge is -2.32. The van der Waals surface area contributed by atoms with E-state index < -0.39 is 0 Å². The van der Waals surface area contributed by atoms with Gasteiger partial charge in [-0.2, -0.15) is 0 Å². The summed E-state index contributed by atoms with van der Waals surface area (Å²) < 4.78 is 1.08. The summed E-state index contributed by atoms with van der Waals surface area (Å²) in [5, 5.41) is 14.5. The Balaban J connectivity index is 1.26. The van der Waals surface area contributed by atoms with Gasteiger partial charge >= 0.3 is 0 Å². The molecule has 1 amide bonds. The van der Waals surface area contributed by atoms with E-state index in [0.29, 0.717) is 11.7 Å². The number of hydrogen-bond donors (Lipinski definition) is 1. The highest BCUT2D eigenvalue weighted by atomic mass is 32.1. The van der Waals surface area contributed by atoms with Crippen LogP contribution < -0.4 is 10.2 Å². The van der Waals surface area contributed by atoms with Crippen LogP contribution in [0.4, 0.5) is 10.9 Å². The summed E-state index contributed by atoms with van der Waals surface area (Å²) in [6, 6.07) is 16.0. The molecule has 0 saturated carbocycles. The van der Waals surface area contributed by atoms with Gasteiger partial charge in [0.2, 0.25) is 5.91 Å². The van der Waals surface area contributed by atoms with Crippen molar-refractivity contribution < 1.29 is 4.79 Å². The number of benzene rings is 1. The molecule has 1 aromatic carbocycles. The molecule has 0 radical (unpaired) electrons. The molecule has 5 rings (SSSR count). The number of nitrogens with one attached hydrogen (secondary N) is 1. The first-order valence-electron chi connectivity index (χ1n) is 9.55. The zero-order valence-corrected chi connectivity index (χ0v) is 17.2. The SMILES string of the molecule is O=C(Nc1nc2ccccc2s1)C1CCCN(c2ccc(-c3cccs3)nn2)C1. The Morgan fingerprint density at radius 3 is 2.83 bits per heavy atom. The van der Waals surface area contributed by atoms with Gasteiger partial charge in [-0.1, -0.05) is 29.5 Å². The van der Waals surface area contributed by atoms with E-state index >= 15 is 0 Å². The number of hydrogen-bond acceptors (Lipinski definition) is 7. The van der Waals surface area contributed by atoms with Crippen LogP contribution in [-0.4, -0.2) is 34.2 Å². The molecular weight excluding hydrogens is 402 g/mol. The third-order valence-corrected chi connectivity index (χ3v) is 6.91. The molecule has 0 spiro atoms. The molecule has 3 aromatic heterocycles. The molecule has 1 N–H and O–H groups in total. The monoisotopic (exact) mass is 421 g/mol. The fourth-order valence-corrected chi connectivity index (χ4v) is 5.14. The molecule has 0 aliphatic carbocycles. The Bertz CT molecular complexity index is 1090. The van der Waals surface area contributed by atoms with Crippen LogP contribution in [0.25, 0.3) is 20.8 Å². The number of carbonyl (C=O) groups excluding carboxylic acids is 1. The number of anilines is 2. The Morgan fingerprint density at radius 2 is 2.03 bits per heavy atom. The number of thiophene rings is 1. The highest BCUT2D eigenvalue weighted by Crippen LogP contribution is 2.28. The van der Waals surface area contributed by atoms with Crippen LogP contribution in [0.2, 0.25) is 0 Å². The average Bonchev–Trinajstić information content (AvgIpc) is 3.43. The van der Waals surface area contributed by atoms with E-state index in [9.17, 15) is 4.79 Å². The standard InChI is InChI=1S/C21H19N5OS2/c27-20(23-21-22-15-6-1-2-7-18(15)29-21)14-5-3-11-26(13-14)19-10-9-16(24-25-19)17-8-4-12-28-17/h1-2,4,6-10,12,14H,3,5,11,13H2,(H,22,23,27). The molecule has 29 heavy (non-hydrogen) atoms. The van der Waals surface area contributed by atoms with Crippen molar-refractivity contribution in [2.75, 3.05) is 23.3 Å². The second-order valence-corrected chi connectivity index (χ2v) is 8.99. The number of amides is 1. The predicted molar refractivity (Wildman–Crippen MR) is 119 cm³/mol. The van der Waals surface area contributed by atoms with Crippen LogP contribution in [-0.2, 0) is 4.79 Å². The Labute approximate surface area is 176 Å². The number of carbonyl (C=O) groups is 1. The van der Waals surface area contributed by atoms with Gasteiger partial charge in [0.05, 0.1) is 21.0 Å². The van der Waals surface area contributed by atoms with Crippen molar-refractivity contribution in [1.82, 2.24) is 15.2 Å². The van der Waals surface area contributed by atoms with Crippen molar-refractivity contribution >= 4 is 49.7 Å².